The predicted molar refractivity (Wildman–Crippen MR) is 72.1 cm³/mol. The molecular weight excluding hydrogens is 244 g/mol. The first-order valence-electron chi connectivity index (χ1n) is 6.65. The summed E-state index contributed by atoms with van der Waals surface area (Å²) in [5.74, 6) is 0.526. The maximum atomic E-state index is 12.4. The van der Waals surface area contributed by atoms with Crippen LogP contribution < -0.4 is 5.32 Å². The van der Waals surface area contributed by atoms with Crippen LogP contribution in [0.5, 0.6) is 0 Å². The van der Waals surface area contributed by atoms with E-state index in [1.807, 2.05) is 6.92 Å². The average molecular weight is 264 g/mol. The third-order valence-electron chi connectivity index (χ3n) is 3.18. The summed E-state index contributed by atoms with van der Waals surface area (Å²) in [5.41, 5.74) is 0.379. The molecule has 0 aliphatic carbocycles. The molecule has 1 saturated heterocycles. The van der Waals surface area contributed by atoms with Gasteiger partial charge in [-0.05, 0) is 19.8 Å². The standard InChI is InChI=1S/C13H20N4O2/c1-3-19-10-5-4-6-17(9-10)13(18)11-7-15-8-12(14-2)16-11/h7-8,10H,3-6,9H2,1-2H3,(H,14,16). The number of piperidine rings is 1. The second kappa shape index (κ2) is 6.47. The van der Waals surface area contributed by atoms with Gasteiger partial charge in [0.05, 0.1) is 18.5 Å². The summed E-state index contributed by atoms with van der Waals surface area (Å²) < 4.78 is 5.60. The Bertz CT molecular complexity index is 436. The van der Waals surface area contributed by atoms with Gasteiger partial charge in [-0.3, -0.25) is 9.78 Å². The van der Waals surface area contributed by atoms with Crippen molar-refractivity contribution in [2.45, 2.75) is 25.9 Å². The van der Waals surface area contributed by atoms with Gasteiger partial charge >= 0.3 is 0 Å². The number of rotatable bonds is 4. The van der Waals surface area contributed by atoms with Crippen LogP contribution in [-0.4, -0.2) is 53.6 Å². The van der Waals surface area contributed by atoms with Crippen LogP contribution in [0.4, 0.5) is 5.82 Å². The molecule has 1 aromatic heterocycles. The molecule has 0 radical (unpaired) electrons. The van der Waals surface area contributed by atoms with E-state index in [1.54, 1.807) is 18.1 Å². The molecule has 6 heteroatoms. The van der Waals surface area contributed by atoms with Crippen molar-refractivity contribution in [2.24, 2.45) is 0 Å². The van der Waals surface area contributed by atoms with E-state index >= 15 is 0 Å². The van der Waals surface area contributed by atoms with Gasteiger partial charge in [-0.25, -0.2) is 4.98 Å². The fraction of sp³-hybridized carbons (Fsp3) is 0.615. The molecule has 0 bridgehead atoms. The van der Waals surface area contributed by atoms with Crippen LogP contribution in [0.3, 0.4) is 0 Å². The Balaban J connectivity index is 2.05. The van der Waals surface area contributed by atoms with E-state index in [9.17, 15) is 4.79 Å². The Kier molecular flexibility index (Phi) is 4.68. The molecule has 1 aliphatic rings. The first kappa shape index (κ1) is 13.7. The summed E-state index contributed by atoms with van der Waals surface area (Å²) in [4.78, 5) is 22.4. The SMILES string of the molecule is CCOC1CCCN(C(=O)c2cncc(NC)n2)C1. The number of nitrogens with one attached hydrogen (secondary N) is 1. The first-order valence-corrected chi connectivity index (χ1v) is 6.65. The minimum atomic E-state index is -0.0750. The third-order valence-corrected chi connectivity index (χ3v) is 3.18. The van der Waals surface area contributed by atoms with Gasteiger partial charge in [-0.2, -0.15) is 0 Å². The average Bonchev–Trinajstić information content (AvgIpc) is 2.47. The molecule has 0 spiro atoms. The van der Waals surface area contributed by atoms with E-state index in [0.717, 1.165) is 19.4 Å². The molecule has 104 valence electrons. The molecule has 1 N–H and O–H groups in total. The van der Waals surface area contributed by atoms with Crippen molar-refractivity contribution in [3.05, 3.63) is 18.1 Å². The Labute approximate surface area is 113 Å². The smallest absolute Gasteiger partial charge is 0.274 e. The predicted octanol–water partition coefficient (Wildman–Crippen LogP) is 1.16. The normalized spacial score (nSPS) is 19.3. The van der Waals surface area contributed by atoms with Crippen LogP contribution in [0, 0.1) is 0 Å². The van der Waals surface area contributed by atoms with Gasteiger partial charge in [0.15, 0.2) is 0 Å². The van der Waals surface area contributed by atoms with E-state index in [2.05, 4.69) is 15.3 Å². The molecule has 1 aromatic rings. The highest BCUT2D eigenvalue weighted by atomic mass is 16.5. The van der Waals surface area contributed by atoms with Crippen molar-refractivity contribution in [3.63, 3.8) is 0 Å². The second-order valence-corrected chi connectivity index (χ2v) is 4.51. The molecule has 1 fully saturated rings. The van der Waals surface area contributed by atoms with Crippen molar-refractivity contribution >= 4 is 11.7 Å². The van der Waals surface area contributed by atoms with Crippen molar-refractivity contribution in [2.75, 3.05) is 32.1 Å². The van der Waals surface area contributed by atoms with Crippen molar-refractivity contribution in [3.8, 4) is 0 Å². The molecule has 2 heterocycles. The van der Waals surface area contributed by atoms with Crippen LogP contribution in [-0.2, 0) is 4.74 Å². The van der Waals surface area contributed by atoms with Gasteiger partial charge in [0.2, 0.25) is 0 Å². The lowest BCUT2D eigenvalue weighted by Gasteiger charge is -2.32. The van der Waals surface area contributed by atoms with E-state index < -0.39 is 0 Å². The molecule has 0 aromatic carbocycles. The molecule has 6 nitrogen and oxygen atoms in total. The van der Waals surface area contributed by atoms with Crippen molar-refractivity contribution in [1.29, 1.82) is 0 Å². The summed E-state index contributed by atoms with van der Waals surface area (Å²) in [7, 11) is 1.75. The number of amides is 1. The third kappa shape index (κ3) is 3.41. The zero-order valence-electron chi connectivity index (χ0n) is 11.4. The Morgan fingerprint density at radius 3 is 3.16 bits per heavy atom. The van der Waals surface area contributed by atoms with Crippen LogP contribution in [0.2, 0.25) is 0 Å². The summed E-state index contributed by atoms with van der Waals surface area (Å²) in [6.07, 6.45) is 5.22. The largest absolute Gasteiger partial charge is 0.377 e. The number of carbonyl (C=O) groups is 1. The molecule has 0 saturated carbocycles. The number of anilines is 1. The number of nitrogens with zero attached hydrogens (tertiary/aromatic N) is 3. The van der Waals surface area contributed by atoms with E-state index in [0.29, 0.717) is 24.7 Å². The molecule has 1 unspecified atom stereocenters. The van der Waals surface area contributed by atoms with Gasteiger partial charge < -0.3 is 15.0 Å². The van der Waals surface area contributed by atoms with Gasteiger partial charge in [0.25, 0.3) is 5.91 Å². The number of ether oxygens (including phenoxy) is 1. The molecule has 1 amide bonds. The molecule has 1 aliphatic heterocycles. The number of carbonyl (C=O) groups excluding carboxylic acids is 1. The quantitative estimate of drug-likeness (QED) is 0.884. The Morgan fingerprint density at radius 2 is 2.42 bits per heavy atom. The van der Waals surface area contributed by atoms with Crippen molar-refractivity contribution in [1.82, 2.24) is 14.9 Å². The van der Waals surface area contributed by atoms with Gasteiger partial charge in [0.1, 0.15) is 11.5 Å². The highest BCUT2D eigenvalue weighted by molar-refractivity contribution is 5.92. The monoisotopic (exact) mass is 264 g/mol. The Morgan fingerprint density at radius 1 is 1.58 bits per heavy atom. The van der Waals surface area contributed by atoms with Crippen LogP contribution >= 0.6 is 0 Å². The lowest BCUT2D eigenvalue weighted by atomic mass is 10.1. The fourth-order valence-electron chi connectivity index (χ4n) is 2.25. The second-order valence-electron chi connectivity index (χ2n) is 4.51. The lowest BCUT2D eigenvalue weighted by molar-refractivity contribution is 0.00702. The van der Waals surface area contributed by atoms with Crippen LogP contribution in [0.15, 0.2) is 12.4 Å². The number of aromatic nitrogens is 2. The first-order chi connectivity index (χ1) is 9.24. The maximum Gasteiger partial charge on any atom is 0.274 e. The lowest BCUT2D eigenvalue weighted by Crippen LogP contribution is -2.43. The molecule has 2 rings (SSSR count). The van der Waals surface area contributed by atoms with Crippen molar-refractivity contribution < 1.29 is 9.53 Å². The zero-order valence-corrected chi connectivity index (χ0v) is 11.4. The molecule has 1 atom stereocenters. The summed E-state index contributed by atoms with van der Waals surface area (Å²) in [6, 6.07) is 0. The van der Waals surface area contributed by atoms with Crippen LogP contribution in [0.25, 0.3) is 0 Å². The fourth-order valence-corrected chi connectivity index (χ4v) is 2.25. The van der Waals surface area contributed by atoms with E-state index in [-0.39, 0.29) is 12.0 Å². The van der Waals surface area contributed by atoms with Crippen LogP contribution in [0.1, 0.15) is 30.3 Å². The minimum Gasteiger partial charge on any atom is -0.377 e. The van der Waals surface area contributed by atoms with Gasteiger partial charge in [0, 0.05) is 26.7 Å². The number of hydrogen-bond acceptors (Lipinski definition) is 5. The van der Waals surface area contributed by atoms with Gasteiger partial charge in [-0.1, -0.05) is 0 Å². The summed E-state index contributed by atoms with van der Waals surface area (Å²) >= 11 is 0. The summed E-state index contributed by atoms with van der Waals surface area (Å²) in [5, 5.41) is 2.89. The molecular formula is C13H20N4O2. The minimum absolute atomic E-state index is 0.0750. The number of hydrogen-bond donors (Lipinski definition) is 1. The topological polar surface area (TPSA) is 67.3 Å². The number of likely N-dealkylation sites (tertiary alicyclic amines) is 1. The zero-order chi connectivity index (χ0) is 13.7. The van der Waals surface area contributed by atoms with E-state index in [4.69, 9.17) is 4.74 Å². The maximum absolute atomic E-state index is 12.4. The highest BCUT2D eigenvalue weighted by Gasteiger charge is 2.25. The van der Waals surface area contributed by atoms with E-state index in [1.165, 1.54) is 6.20 Å². The van der Waals surface area contributed by atoms with Gasteiger partial charge in [-0.15, -0.1) is 0 Å². The summed E-state index contributed by atoms with van der Waals surface area (Å²) in [6.45, 7) is 4.05. The Hall–Kier alpha value is -1.69. The molecule has 19 heavy (non-hydrogen) atoms. The highest BCUT2D eigenvalue weighted by Crippen LogP contribution is 2.15.